The number of amides is 1. The average molecular weight is 436 g/mol. The fourth-order valence-corrected chi connectivity index (χ4v) is 6.04. The van der Waals surface area contributed by atoms with Gasteiger partial charge in [-0.2, -0.15) is 4.99 Å². The first-order valence-corrected chi connectivity index (χ1v) is 10.2. The second kappa shape index (κ2) is 6.99. The van der Waals surface area contributed by atoms with Crippen LogP contribution in [0.5, 0.6) is 0 Å². The van der Waals surface area contributed by atoms with Crippen LogP contribution in [0.1, 0.15) is 4.88 Å². The Morgan fingerprint density at radius 2 is 2.13 bits per heavy atom. The van der Waals surface area contributed by atoms with Crippen molar-refractivity contribution in [2.75, 3.05) is 6.26 Å². The first-order valence-electron chi connectivity index (χ1n) is 5.86. The average Bonchev–Trinajstić information content (AvgIpc) is 2.91. The molecule has 2 aromatic rings. The number of hydrogen-bond donors (Lipinski definition) is 2. The van der Waals surface area contributed by atoms with Crippen LogP contribution in [0.2, 0.25) is 0 Å². The van der Waals surface area contributed by atoms with E-state index in [4.69, 9.17) is 10.8 Å². The van der Waals surface area contributed by atoms with Gasteiger partial charge in [0.2, 0.25) is 9.84 Å². The summed E-state index contributed by atoms with van der Waals surface area (Å²) in [6.45, 7) is 0. The van der Waals surface area contributed by atoms with Crippen molar-refractivity contribution >= 4 is 60.8 Å². The van der Waals surface area contributed by atoms with Crippen molar-refractivity contribution in [2.24, 2.45) is 10.7 Å². The Hall–Kier alpha value is -1.43. The molecule has 2 rings (SSSR count). The SMILES string of the molecule is CSc1sc(/C(N)=N\C(=O)O)cc1S(=O)(=O)c1cncc(Br)c1. The number of nitrogens with two attached hydrogens (primary N) is 1. The lowest BCUT2D eigenvalue weighted by atomic mass is 10.4. The molecule has 0 aliphatic heterocycles. The molecule has 0 fully saturated rings. The molecular formula is C12H10BrN3O4S3. The lowest BCUT2D eigenvalue weighted by Crippen LogP contribution is -2.13. The molecule has 0 radical (unpaired) electrons. The number of thiophene rings is 1. The maximum Gasteiger partial charge on any atom is 0.433 e. The highest BCUT2D eigenvalue weighted by Gasteiger charge is 2.25. The number of carboxylic acid groups (broad SMARTS) is 1. The van der Waals surface area contributed by atoms with Gasteiger partial charge in [-0.1, -0.05) is 0 Å². The van der Waals surface area contributed by atoms with E-state index in [1.165, 1.54) is 36.3 Å². The van der Waals surface area contributed by atoms with Gasteiger partial charge >= 0.3 is 6.09 Å². The second-order valence-corrected chi connectivity index (χ2v) is 9.05. The van der Waals surface area contributed by atoms with Crippen LogP contribution >= 0.6 is 39.0 Å². The number of aromatic nitrogens is 1. The second-order valence-electron chi connectivity index (χ2n) is 4.09. The minimum atomic E-state index is -3.81. The summed E-state index contributed by atoms with van der Waals surface area (Å²) in [4.78, 5) is 18.0. The Morgan fingerprint density at radius 3 is 2.70 bits per heavy atom. The van der Waals surface area contributed by atoms with Crippen molar-refractivity contribution < 1.29 is 18.3 Å². The molecule has 2 heterocycles. The van der Waals surface area contributed by atoms with Crippen molar-refractivity contribution in [2.45, 2.75) is 14.0 Å². The van der Waals surface area contributed by atoms with Gasteiger partial charge in [0, 0.05) is 16.9 Å². The standard InChI is InChI=1S/C12H10BrN3O4S3/c1-21-11-9(3-8(22-11)10(14)16-12(17)18)23(19,20)7-2-6(13)4-15-5-7/h2-5H,1H3,(H2,14,16)(H,17,18). The molecule has 23 heavy (non-hydrogen) atoms. The summed E-state index contributed by atoms with van der Waals surface area (Å²) in [5.41, 5.74) is 5.59. The van der Waals surface area contributed by atoms with Crippen LogP contribution in [0, 0.1) is 0 Å². The summed E-state index contributed by atoms with van der Waals surface area (Å²) < 4.78 is 26.5. The van der Waals surface area contributed by atoms with Crippen molar-refractivity contribution in [3.8, 4) is 0 Å². The number of carbonyl (C=O) groups is 1. The number of sulfone groups is 1. The van der Waals surface area contributed by atoms with Crippen LogP contribution in [-0.2, 0) is 9.84 Å². The molecule has 0 aliphatic carbocycles. The predicted molar refractivity (Wildman–Crippen MR) is 92.2 cm³/mol. The maximum atomic E-state index is 12.8. The number of amidine groups is 1. The molecule has 0 saturated carbocycles. The van der Waals surface area contributed by atoms with E-state index in [9.17, 15) is 13.2 Å². The van der Waals surface area contributed by atoms with E-state index in [2.05, 4.69) is 25.9 Å². The molecule has 1 amide bonds. The molecular weight excluding hydrogens is 426 g/mol. The van der Waals surface area contributed by atoms with E-state index >= 15 is 0 Å². The van der Waals surface area contributed by atoms with Gasteiger partial charge < -0.3 is 10.8 Å². The van der Waals surface area contributed by atoms with Crippen LogP contribution in [0.4, 0.5) is 4.79 Å². The van der Waals surface area contributed by atoms with Crippen molar-refractivity contribution in [3.63, 3.8) is 0 Å². The van der Waals surface area contributed by atoms with E-state index in [1.54, 1.807) is 6.26 Å². The first-order chi connectivity index (χ1) is 10.8. The van der Waals surface area contributed by atoms with E-state index in [0.29, 0.717) is 8.68 Å². The van der Waals surface area contributed by atoms with E-state index in [0.717, 1.165) is 11.3 Å². The number of aliphatic imine (C=N–C) groups is 1. The molecule has 3 N–H and O–H groups in total. The monoisotopic (exact) mass is 435 g/mol. The van der Waals surface area contributed by atoms with E-state index < -0.39 is 15.9 Å². The third-order valence-corrected chi connectivity index (χ3v) is 7.33. The Labute approximate surface area is 148 Å². The van der Waals surface area contributed by atoms with Gasteiger partial charge in [-0.15, -0.1) is 23.1 Å². The number of rotatable bonds is 4. The number of nitrogens with zero attached hydrogens (tertiary/aromatic N) is 2. The molecule has 0 aromatic carbocycles. The molecule has 7 nitrogen and oxygen atoms in total. The largest absolute Gasteiger partial charge is 0.463 e. The molecule has 0 aliphatic rings. The van der Waals surface area contributed by atoms with Gasteiger partial charge in [0.15, 0.2) is 0 Å². The van der Waals surface area contributed by atoms with Gasteiger partial charge in [0.25, 0.3) is 0 Å². The Morgan fingerprint density at radius 1 is 1.43 bits per heavy atom. The highest BCUT2D eigenvalue weighted by molar-refractivity contribution is 9.10. The van der Waals surface area contributed by atoms with Crippen molar-refractivity contribution in [3.05, 3.63) is 33.9 Å². The Bertz CT molecular complexity index is 893. The predicted octanol–water partition coefficient (Wildman–Crippen LogP) is 2.84. The molecule has 11 heteroatoms. The zero-order valence-corrected chi connectivity index (χ0v) is 15.6. The molecule has 0 bridgehead atoms. The minimum Gasteiger partial charge on any atom is -0.463 e. The number of pyridine rings is 1. The van der Waals surface area contributed by atoms with Crippen LogP contribution in [0.3, 0.4) is 0 Å². The highest BCUT2D eigenvalue weighted by atomic mass is 79.9. The molecule has 0 unspecified atom stereocenters. The number of halogens is 1. The van der Waals surface area contributed by atoms with Gasteiger partial charge in [0.05, 0.1) is 18.9 Å². The normalized spacial score (nSPS) is 12.3. The van der Waals surface area contributed by atoms with Gasteiger partial charge in [-0.25, -0.2) is 13.2 Å². The lowest BCUT2D eigenvalue weighted by molar-refractivity contribution is 0.205. The first kappa shape index (κ1) is 17.9. The summed E-state index contributed by atoms with van der Waals surface area (Å²) in [5, 5.41) is 8.65. The molecule has 0 saturated heterocycles. The smallest absolute Gasteiger partial charge is 0.433 e. The van der Waals surface area contributed by atoms with Crippen molar-refractivity contribution in [1.29, 1.82) is 0 Å². The summed E-state index contributed by atoms with van der Waals surface area (Å²) >= 11 is 5.48. The van der Waals surface area contributed by atoms with Gasteiger partial charge in [-0.05, 0) is 34.3 Å². The Kier molecular flexibility index (Phi) is 5.45. The third-order valence-electron chi connectivity index (χ3n) is 2.60. The topological polar surface area (TPSA) is 123 Å². The number of thioether (sulfide) groups is 1. The fourth-order valence-electron chi connectivity index (χ4n) is 1.64. The van der Waals surface area contributed by atoms with E-state index in [1.807, 2.05) is 0 Å². The molecule has 0 atom stereocenters. The fraction of sp³-hybridized carbons (Fsp3) is 0.0833. The van der Waals surface area contributed by atoms with Crippen LogP contribution in [0.25, 0.3) is 0 Å². The quantitative estimate of drug-likeness (QED) is 0.429. The Balaban J connectivity index is 2.59. The summed E-state index contributed by atoms with van der Waals surface area (Å²) in [7, 11) is -3.81. The molecule has 122 valence electrons. The highest BCUT2D eigenvalue weighted by Crippen LogP contribution is 2.37. The molecule has 0 spiro atoms. The minimum absolute atomic E-state index is 0.0280. The van der Waals surface area contributed by atoms with E-state index in [-0.39, 0.29) is 20.5 Å². The maximum absolute atomic E-state index is 12.8. The van der Waals surface area contributed by atoms with Gasteiger partial charge in [0.1, 0.15) is 5.84 Å². The summed E-state index contributed by atoms with van der Waals surface area (Å²) in [5.74, 6) is -0.244. The zero-order valence-electron chi connectivity index (χ0n) is 11.6. The lowest BCUT2D eigenvalue weighted by Gasteiger charge is -2.04. The van der Waals surface area contributed by atoms with Crippen LogP contribution in [-0.4, -0.2) is 36.7 Å². The summed E-state index contributed by atoms with van der Waals surface area (Å²) in [6.07, 6.45) is 3.00. The number of hydrogen-bond acceptors (Lipinski definition) is 6. The van der Waals surface area contributed by atoms with Crippen LogP contribution < -0.4 is 5.73 Å². The van der Waals surface area contributed by atoms with Crippen LogP contribution in [0.15, 0.2) is 48.0 Å². The summed E-state index contributed by atoms with van der Waals surface area (Å²) in [6, 6.07) is 2.77. The third kappa shape index (κ3) is 3.91. The molecule has 2 aromatic heterocycles. The zero-order chi connectivity index (χ0) is 17.2. The van der Waals surface area contributed by atoms with Gasteiger partial charge in [-0.3, -0.25) is 4.98 Å². The van der Waals surface area contributed by atoms with Crippen molar-refractivity contribution in [1.82, 2.24) is 4.98 Å².